The number of nitrogens with one attached hydrogen (secondary N) is 1. The number of halogens is 1. The first-order valence-corrected chi connectivity index (χ1v) is 8.25. The highest BCUT2D eigenvalue weighted by Crippen LogP contribution is 2.23. The van der Waals surface area contributed by atoms with Gasteiger partial charge in [0.2, 0.25) is 0 Å². The first kappa shape index (κ1) is 16.8. The quantitative estimate of drug-likeness (QED) is 0.811. The van der Waals surface area contributed by atoms with Crippen LogP contribution in [0.4, 0.5) is 0 Å². The van der Waals surface area contributed by atoms with Gasteiger partial charge in [0.05, 0.1) is 19.3 Å². The topological polar surface area (TPSA) is 41.5 Å². The van der Waals surface area contributed by atoms with Crippen LogP contribution in [0.5, 0.6) is 0 Å². The molecule has 0 bridgehead atoms. The summed E-state index contributed by atoms with van der Waals surface area (Å²) in [6.45, 7) is 3.79. The Morgan fingerprint density at radius 3 is 2.57 bits per heavy atom. The lowest BCUT2D eigenvalue weighted by Gasteiger charge is -2.27. The number of aliphatic hydroxyl groups excluding tert-OH is 1. The molecular formula is C17H26ClNO2. The van der Waals surface area contributed by atoms with E-state index in [2.05, 4.69) is 12.2 Å². The Morgan fingerprint density at radius 1 is 1.24 bits per heavy atom. The Bertz CT molecular complexity index is 402. The summed E-state index contributed by atoms with van der Waals surface area (Å²) in [5.41, 5.74) is 1.07. The van der Waals surface area contributed by atoms with Crippen LogP contribution in [0, 0.1) is 5.92 Å². The van der Waals surface area contributed by atoms with Gasteiger partial charge < -0.3 is 15.2 Å². The zero-order valence-electron chi connectivity index (χ0n) is 12.7. The molecule has 2 rings (SSSR count). The lowest BCUT2D eigenvalue weighted by atomic mass is 9.87. The number of ether oxygens (including phenoxy) is 1. The Balaban J connectivity index is 1.57. The van der Waals surface area contributed by atoms with Gasteiger partial charge in [-0.05, 0) is 49.3 Å². The average Bonchev–Trinajstić information content (AvgIpc) is 2.49. The Labute approximate surface area is 132 Å². The van der Waals surface area contributed by atoms with E-state index in [4.69, 9.17) is 16.3 Å². The van der Waals surface area contributed by atoms with Crippen LogP contribution >= 0.6 is 11.6 Å². The number of aliphatic hydroxyl groups is 1. The van der Waals surface area contributed by atoms with E-state index >= 15 is 0 Å². The molecule has 0 spiro atoms. The van der Waals surface area contributed by atoms with E-state index in [1.165, 1.54) is 25.7 Å². The maximum absolute atomic E-state index is 9.95. The maximum atomic E-state index is 9.95. The molecule has 0 radical (unpaired) electrons. The molecular weight excluding hydrogens is 286 g/mol. The molecule has 4 heteroatoms. The third-order valence-electron chi connectivity index (χ3n) is 4.15. The smallest absolute Gasteiger partial charge is 0.0897 e. The van der Waals surface area contributed by atoms with Gasteiger partial charge in [-0.1, -0.05) is 30.7 Å². The summed E-state index contributed by atoms with van der Waals surface area (Å²) in [4.78, 5) is 0. The largest absolute Gasteiger partial charge is 0.389 e. The van der Waals surface area contributed by atoms with Crippen molar-refractivity contribution < 1.29 is 9.84 Å². The summed E-state index contributed by atoms with van der Waals surface area (Å²) in [5, 5.41) is 14.1. The van der Waals surface area contributed by atoms with Crippen LogP contribution in [-0.4, -0.2) is 30.4 Å². The van der Waals surface area contributed by atoms with E-state index in [1.807, 2.05) is 24.3 Å². The first-order valence-electron chi connectivity index (χ1n) is 7.87. The van der Waals surface area contributed by atoms with Crippen LogP contribution in [0.25, 0.3) is 0 Å². The highest BCUT2D eigenvalue weighted by molar-refractivity contribution is 6.30. The maximum Gasteiger partial charge on any atom is 0.0897 e. The van der Waals surface area contributed by atoms with E-state index in [1.54, 1.807) is 0 Å². The fraction of sp³-hybridized carbons (Fsp3) is 0.647. The Kier molecular flexibility index (Phi) is 6.97. The first-order chi connectivity index (χ1) is 10.1. The molecule has 0 heterocycles. The fourth-order valence-electron chi connectivity index (χ4n) is 2.72. The minimum Gasteiger partial charge on any atom is -0.389 e. The third kappa shape index (κ3) is 6.35. The van der Waals surface area contributed by atoms with Crippen molar-refractivity contribution in [3.8, 4) is 0 Å². The molecule has 2 N–H and O–H groups in total. The zero-order valence-corrected chi connectivity index (χ0v) is 13.5. The monoisotopic (exact) mass is 311 g/mol. The number of hydrogen-bond acceptors (Lipinski definition) is 3. The molecule has 118 valence electrons. The lowest BCUT2D eigenvalue weighted by Crippen LogP contribution is -2.39. The zero-order chi connectivity index (χ0) is 15.1. The number of rotatable bonds is 7. The van der Waals surface area contributed by atoms with E-state index in [9.17, 15) is 5.11 Å². The van der Waals surface area contributed by atoms with Crippen molar-refractivity contribution in [2.45, 2.75) is 51.4 Å². The van der Waals surface area contributed by atoms with Crippen LogP contribution in [-0.2, 0) is 11.3 Å². The molecule has 1 saturated carbocycles. The van der Waals surface area contributed by atoms with Crippen molar-refractivity contribution >= 4 is 11.6 Å². The van der Waals surface area contributed by atoms with Crippen molar-refractivity contribution in [3.63, 3.8) is 0 Å². The van der Waals surface area contributed by atoms with Gasteiger partial charge in [0.25, 0.3) is 0 Å². The van der Waals surface area contributed by atoms with Crippen molar-refractivity contribution in [3.05, 3.63) is 34.9 Å². The Hall–Kier alpha value is -0.610. The van der Waals surface area contributed by atoms with Crippen molar-refractivity contribution in [1.82, 2.24) is 5.32 Å². The molecule has 0 unspecified atom stereocenters. The predicted molar refractivity (Wildman–Crippen MR) is 86.5 cm³/mol. The minimum atomic E-state index is -0.448. The molecule has 0 aliphatic heterocycles. The van der Waals surface area contributed by atoms with Crippen LogP contribution in [0.1, 0.15) is 38.2 Å². The molecule has 1 aromatic carbocycles. The molecule has 21 heavy (non-hydrogen) atoms. The molecule has 0 aromatic heterocycles. The van der Waals surface area contributed by atoms with Crippen LogP contribution in [0.15, 0.2) is 24.3 Å². The van der Waals surface area contributed by atoms with Gasteiger partial charge in [0.15, 0.2) is 0 Å². The third-order valence-corrected chi connectivity index (χ3v) is 4.40. The van der Waals surface area contributed by atoms with Crippen LogP contribution in [0.2, 0.25) is 5.02 Å². The van der Waals surface area contributed by atoms with Crippen LogP contribution < -0.4 is 5.32 Å². The van der Waals surface area contributed by atoms with Crippen molar-refractivity contribution in [2.24, 2.45) is 5.92 Å². The molecule has 1 atom stereocenters. The molecule has 1 aliphatic rings. The van der Waals surface area contributed by atoms with Gasteiger partial charge in [-0.25, -0.2) is 0 Å². The molecule has 1 fully saturated rings. The summed E-state index contributed by atoms with van der Waals surface area (Å²) in [6.07, 6.45) is 4.58. The van der Waals surface area contributed by atoms with Gasteiger partial charge in [-0.15, -0.1) is 0 Å². The summed E-state index contributed by atoms with van der Waals surface area (Å²) < 4.78 is 5.55. The van der Waals surface area contributed by atoms with Gasteiger partial charge in [-0.2, -0.15) is 0 Å². The normalized spacial score (nSPS) is 24.0. The second-order valence-electron chi connectivity index (χ2n) is 6.16. The second-order valence-corrected chi connectivity index (χ2v) is 6.60. The second kappa shape index (κ2) is 8.74. The molecule has 1 aromatic rings. The van der Waals surface area contributed by atoms with Gasteiger partial charge in [0, 0.05) is 17.6 Å². The number of benzene rings is 1. The van der Waals surface area contributed by atoms with Crippen molar-refractivity contribution in [2.75, 3.05) is 13.2 Å². The average molecular weight is 312 g/mol. The standard InChI is InChI=1S/C17H26ClNO2/c1-13-2-8-16(9-3-13)19-10-17(20)12-21-11-14-4-6-15(18)7-5-14/h4-7,13,16-17,19-20H,2-3,8-12H2,1H3/t13?,16?,17-/m0/s1. The predicted octanol–water partition coefficient (Wildman–Crippen LogP) is 3.39. The Morgan fingerprint density at radius 2 is 1.90 bits per heavy atom. The summed E-state index contributed by atoms with van der Waals surface area (Å²) in [6, 6.07) is 8.14. The van der Waals surface area contributed by atoms with Gasteiger partial charge in [-0.3, -0.25) is 0 Å². The summed E-state index contributed by atoms with van der Waals surface area (Å²) in [5.74, 6) is 0.857. The lowest BCUT2D eigenvalue weighted by molar-refractivity contribution is 0.0268. The van der Waals surface area contributed by atoms with E-state index in [0.29, 0.717) is 25.8 Å². The minimum absolute atomic E-state index is 0.360. The van der Waals surface area contributed by atoms with Gasteiger partial charge in [0.1, 0.15) is 0 Å². The molecule has 1 aliphatic carbocycles. The SMILES string of the molecule is CC1CCC(NC[C@H](O)COCc2ccc(Cl)cc2)CC1. The molecule has 0 amide bonds. The van der Waals surface area contributed by atoms with Crippen molar-refractivity contribution in [1.29, 1.82) is 0 Å². The number of hydrogen-bond donors (Lipinski definition) is 2. The van der Waals surface area contributed by atoms with E-state index in [-0.39, 0.29) is 0 Å². The molecule has 3 nitrogen and oxygen atoms in total. The molecule has 0 saturated heterocycles. The summed E-state index contributed by atoms with van der Waals surface area (Å²) in [7, 11) is 0. The van der Waals surface area contributed by atoms with E-state index in [0.717, 1.165) is 16.5 Å². The highest BCUT2D eigenvalue weighted by Gasteiger charge is 2.18. The van der Waals surface area contributed by atoms with E-state index < -0.39 is 6.10 Å². The highest BCUT2D eigenvalue weighted by atomic mass is 35.5. The van der Waals surface area contributed by atoms with Gasteiger partial charge >= 0.3 is 0 Å². The van der Waals surface area contributed by atoms with Crippen LogP contribution in [0.3, 0.4) is 0 Å². The summed E-state index contributed by atoms with van der Waals surface area (Å²) >= 11 is 5.83. The fourth-order valence-corrected chi connectivity index (χ4v) is 2.85.